The van der Waals surface area contributed by atoms with Crippen molar-refractivity contribution in [1.82, 2.24) is 10.1 Å². The van der Waals surface area contributed by atoms with Gasteiger partial charge in [-0.25, -0.2) is 4.79 Å². The molecule has 1 aromatic carbocycles. The number of nitrogens with zero attached hydrogens (tertiary/aromatic N) is 1. The van der Waals surface area contributed by atoms with E-state index in [0.717, 1.165) is 5.56 Å². The second kappa shape index (κ2) is 4.69. The number of carbonyl (C=O) groups excluding carboxylic acids is 1. The van der Waals surface area contributed by atoms with Crippen LogP contribution in [-0.2, 0) is 11.2 Å². The van der Waals surface area contributed by atoms with Gasteiger partial charge in [-0.05, 0) is 24.6 Å². The summed E-state index contributed by atoms with van der Waals surface area (Å²) in [5.74, 6) is 0.270. The molecule has 7 heteroatoms. The molecular weight excluding hydrogens is 262 g/mol. The summed E-state index contributed by atoms with van der Waals surface area (Å²) < 4.78 is 9.75. The van der Waals surface area contributed by atoms with Crippen molar-refractivity contribution in [1.29, 1.82) is 0 Å². The number of hydrogen-bond acceptors (Lipinski definition) is 5. The summed E-state index contributed by atoms with van der Waals surface area (Å²) in [6.07, 6.45) is 0.162. The zero-order valence-corrected chi connectivity index (χ0v) is 10.6. The molecule has 0 aliphatic carbocycles. The highest BCUT2D eigenvalue weighted by Gasteiger charge is 2.09. The Balaban J connectivity index is 1.75. The molecule has 0 aliphatic heterocycles. The number of fused-ring (bicyclic) bond motifs is 1. The molecule has 0 spiro atoms. The fourth-order valence-electron chi connectivity index (χ4n) is 1.91. The van der Waals surface area contributed by atoms with E-state index in [1.165, 1.54) is 0 Å². The van der Waals surface area contributed by atoms with Gasteiger partial charge in [0.2, 0.25) is 5.91 Å². The van der Waals surface area contributed by atoms with Gasteiger partial charge in [-0.3, -0.25) is 9.78 Å². The van der Waals surface area contributed by atoms with E-state index in [0.29, 0.717) is 22.7 Å². The number of amides is 1. The zero-order chi connectivity index (χ0) is 14.1. The minimum atomic E-state index is -0.514. The molecule has 2 aromatic heterocycles. The number of rotatable bonds is 3. The van der Waals surface area contributed by atoms with E-state index in [2.05, 4.69) is 15.5 Å². The van der Waals surface area contributed by atoms with Crippen LogP contribution < -0.4 is 11.1 Å². The van der Waals surface area contributed by atoms with Gasteiger partial charge in [-0.1, -0.05) is 11.2 Å². The molecule has 3 aromatic rings. The van der Waals surface area contributed by atoms with E-state index in [9.17, 15) is 9.59 Å². The van der Waals surface area contributed by atoms with Crippen LogP contribution in [0, 0.1) is 6.92 Å². The predicted octanol–water partition coefficient (Wildman–Crippen LogP) is 1.60. The summed E-state index contributed by atoms with van der Waals surface area (Å²) in [4.78, 5) is 25.4. The first-order valence-electron chi connectivity index (χ1n) is 5.95. The van der Waals surface area contributed by atoms with Gasteiger partial charge in [0, 0.05) is 6.07 Å². The van der Waals surface area contributed by atoms with Crippen molar-refractivity contribution in [3.8, 4) is 0 Å². The molecule has 0 fully saturated rings. The van der Waals surface area contributed by atoms with Gasteiger partial charge in [0.05, 0.1) is 11.9 Å². The molecule has 2 heterocycles. The first-order chi connectivity index (χ1) is 9.60. The summed E-state index contributed by atoms with van der Waals surface area (Å²) in [6, 6.07) is 6.71. The number of benzene rings is 1. The van der Waals surface area contributed by atoms with Crippen LogP contribution in [0.1, 0.15) is 11.3 Å². The molecule has 0 unspecified atom stereocenters. The Morgan fingerprint density at radius 2 is 2.25 bits per heavy atom. The van der Waals surface area contributed by atoms with E-state index < -0.39 is 5.76 Å². The molecule has 1 amide bonds. The van der Waals surface area contributed by atoms with Crippen molar-refractivity contribution in [2.24, 2.45) is 0 Å². The van der Waals surface area contributed by atoms with Crippen molar-refractivity contribution >= 4 is 22.8 Å². The van der Waals surface area contributed by atoms with Gasteiger partial charge in [-0.2, -0.15) is 0 Å². The Morgan fingerprint density at radius 3 is 3.00 bits per heavy atom. The highest BCUT2D eigenvalue weighted by atomic mass is 16.5. The monoisotopic (exact) mass is 273 g/mol. The maximum atomic E-state index is 11.8. The average Bonchev–Trinajstić information content (AvgIpc) is 2.93. The van der Waals surface area contributed by atoms with Crippen LogP contribution in [0.3, 0.4) is 0 Å². The van der Waals surface area contributed by atoms with E-state index >= 15 is 0 Å². The quantitative estimate of drug-likeness (QED) is 0.754. The molecular formula is C13H11N3O4. The highest BCUT2D eigenvalue weighted by molar-refractivity contribution is 5.91. The first kappa shape index (κ1) is 12.2. The first-order valence-corrected chi connectivity index (χ1v) is 5.95. The molecule has 0 saturated heterocycles. The van der Waals surface area contributed by atoms with Crippen molar-refractivity contribution in [2.75, 3.05) is 5.32 Å². The fourth-order valence-corrected chi connectivity index (χ4v) is 1.91. The van der Waals surface area contributed by atoms with Crippen LogP contribution in [0.2, 0.25) is 0 Å². The average molecular weight is 273 g/mol. The minimum Gasteiger partial charge on any atom is -0.408 e. The molecule has 2 N–H and O–H groups in total. The maximum absolute atomic E-state index is 11.8. The Kier molecular flexibility index (Phi) is 2.86. The lowest BCUT2D eigenvalue weighted by Gasteiger charge is -2.01. The second-order valence-corrected chi connectivity index (χ2v) is 4.39. The molecule has 0 saturated carbocycles. The number of oxazole rings is 1. The van der Waals surface area contributed by atoms with E-state index in [1.807, 2.05) is 0 Å². The third kappa shape index (κ3) is 2.46. The molecule has 102 valence electrons. The maximum Gasteiger partial charge on any atom is 0.417 e. The fraction of sp³-hybridized carbons (Fsp3) is 0.154. The van der Waals surface area contributed by atoms with Gasteiger partial charge in [0.15, 0.2) is 11.4 Å². The summed E-state index contributed by atoms with van der Waals surface area (Å²) >= 11 is 0. The van der Waals surface area contributed by atoms with Gasteiger partial charge in [0.25, 0.3) is 0 Å². The smallest absolute Gasteiger partial charge is 0.408 e. The van der Waals surface area contributed by atoms with E-state index in [-0.39, 0.29) is 12.3 Å². The topological polar surface area (TPSA) is 101 Å². The number of carbonyl (C=O) groups is 1. The van der Waals surface area contributed by atoms with Crippen LogP contribution >= 0.6 is 0 Å². The zero-order valence-electron chi connectivity index (χ0n) is 10.6. The van der Waals surface area contributed by atoms with Crippen molar-refractivity contribution in [3.05, 3.63) is 46.1 Å². The largest absolute Gasteiger partial charge is 0.417 e. The normalized spacial score (nSPS) is 10.8. The number of nitrogens with one attached hydrogen (secondary N) is 2. The lowest BCUT2D eigenvalue weighted by Crippen LogP contribution is -2.14. The lowest BCUT2D eigenvalue weighted by atomic mass is 10.1. The Labute approximate surface area is 112 Å². The molecule has 0 radical (unpaired) electrons. The molecule has 0 atom stereocenters. The number of H-pyrrole nitrogens is 1. The summed E-state index contributed by atoms with van der Waals surface area (Å²) in [5.41, 5.74) is 1.79. The van der Waals surface area contributed by atoms with Gasteiger partial charge in [0.1, 0.15) is 5.76 Å². The number of hydrogen-bond donors (Lipinski definition) is 2. The number of anilines is 1. The second-order valence-electron chi connectivity index (χ2n) is 4.39. The predicted molar refractivity (Wildman–Crippen MR) is 70.4 cm³/mol. The number of aromatic nitrogens is 2. The molecule has 3 rings (SSSR count). The number of aromatic amines is 1. The minimum absolute atomic E-state index is 0.162. The van der Waals surface area contributed by atoms with E-state index in [4.69, 9.17) is 8.94 Å². The van der Waals surface area contributed by atoms with Crippen LogP contribution in [0.5, 0.6) is 0 Å². The summed E-state index contributed by atoms with van der Waals surface area (Å²) in [6.45, 7) is 1.74. The molecule has 20 heavy (non-hydrogen) atoms. The molecule has 0 bridgehead atoms. The summed E-state index contributed by atoms with van der Waals surface area (Å²) in [5, 5.41) is 6.31. The SMILES string of the molecule is Cc1cc(NC(=O)Cc2ccc3oc(=O)[nH]c3c2)no1. The third-order valence-electron chi connectivity index (χ3n) is 2.74. The van der Waals surface area contributed by atoms with Gasteiger partial charge >= 0.3 is 5.76 Å². The van der Waals surface area contributed by atoms with Crippen LogP contribution in [0.25, 0.3) is 11.1 Å². The Hall–Kier alpha value is -2.83. The van der Waals surface area contributed by atoms with Crippen molar-refractivity contribution < 1.29 is 13.7 Å². The standard InChI is InChI=1S/C13H11N3O4/c1-7-4-11(16-20-7)15-12(17)6-8-2-3-10-9(5-8)14-13(18)19-10/h2-5H,6H2,1H3,(H,14,18)(H,15,16,17). The lowest BCUT2D eigenvalue weighted by molar-refractivity contribution is -0.115. The molecule has 7 nitrogen and oxygen atoms in total. The van der Waals surface area contributed by atoms with Crippen LogP contribution in [-0.4, -0.2) is 16.0 Å². The van der Waals surface area contributed by atoms with Crippen molar-refractivity contribution in [2.45, 2.75) is 13.3 Å². The summed E-state index contributed by atoms with van der Waals surface area (Å²) in [7, 11) is 0. The van der Waals surface area contributed by atoms with Crippen LogP contribution in [0.15, 0.2) is 38.0 Å². The number of aryl methyl sites for hydroxylation is 1. The third-order valence-corrected chi connectivity index (χ3v) is 2.74. The Bertz CT molecular complexity index is 827. The van der Waals surface area contributed by atoms with E-state index in [1.54, 1.807) is 31.2 Å². The highest BCUT2D eigenvalue weighted by Crippen LogP contribution is 2.13. The van der Waals surface area contributed by atoms with Crippen molar-refractivity contribution in [3.63, 3.8) is 0 Å². The molecule has 0 aliphatic rings. The Morgan fingerprint density at radius 1 is 1.40 bits per heavy atom. The van der Waals surface area contributed by atoms with Crippen LogP contribution in [0.4, 0.5) is 5.82 Å². The van der Waals surface area contributed by atoms with Gasteiger partial charge in [-0.15, -0.1) is 0 Å². The van der Waals surface area contributed by atoms with Gasteiger partial charge < -0.3 is 14.3 Å².